The molecule has 32 heteroatoms. The van der Waals surface area contributed by atoms with Gasteiger partial charge in [0, 0.05) is 67.6 Å². The molecule has 0 saturated heterocycles. The summed E-state index contributed by atoms with van der Waals surface area (Å²) in [4.78, 5) is 179. The van der Waals surface area contributed by atoms with Crippen molar-refractivity contribution in [2.75, 3.05) is 13.1 Å². The number of benzene rings is 6. The number of amides is 11. The first-order valence-corrected chi connectivity index (χ1v) is 36.0. The number of fused-ring (bicyclic) bond motifs is 2. The number of carbonyl (C=O) groups is 12. The molecular weight excluding hydrogens is 1410 g/mol. The van der Waals surface area contributed by atoms with Crippen LogP contribution in [0.3, 0.4) is 0 Å². The molecule has 32 nitrogen and oxygen atoms in total. The number of aromatic nitrogens is 3. The summed E-state index contributed by atoms with van der Waals surface area (Å²) in [5.74, 6) is -11.6. The van der Waals surface area contributed by atoms with Crippen LogP contribution in [0.4, 0.5) is 0 Å². The fourth-order valence-corrected chi connectivity index (χ4v) is 12.2. The molecule has 0 fully saturated rings. The molecule has 6 aromatic carbocycles. The molecule has 2 aromatic heterocycles. The molecule has 0 radical (unpaired) electrons. The van der Waals surface area contributed by atoms with Gasteiger partial charge in [-0.2, -0.15) is 0 Å². The Morgan fingerprint density at radius 1 is 0.482 bits per heavy atom. The molecular formula is C78H94N18O14. The molecule has 8 aromatic rings. The highest BCUT2D eigenvalue weighted by molar-refractivity contribution is 6.00. The van der Waals surface area contributed by atoms with Gasteiger partial charge in [0.1, 0.15) is 60.1 Å². The van der Waals surface area contributed by atoms with Gasteiger partial charge in [-0.1, -0.05) is 153 Å². The Morgan fingerprint density at radius 3 is 1.56 bits per heavy atom. The number of phenolic OH excluding ortho intramolecular Hbond substituents is 1. The zero-order valence-electron chi connectivity index (χ0n) is 60.8. The number of H-pyrrole nitrogens is 2. The summed E-state index contributed by atoms with van der Waals surface area (Å²) >= 11 is 0. The van der Waals surface area contributed by atoms with Gasteiger partial charge in [0.15, 0.2) is 5.96 Å². The second-order valence-electron chi connectivity index (χ2n) is 26.7. The van der Waals surface area contributed by atoms with Gasteiger partial charge in [0.05, 0.1) is 25.3 Å². The van der Waals surface area contributed by atoms with Gasteiger partial charge >= 0.3 is 5.97 Å². The van der Waals surface area contributed by atoms with Crippen molar-refractivity contribution in [2.45, 2.75) is 151 Å². The number of aliphatic carboxylic acids is 1. The third-order valence-electron chi connectivity index (χ3n) is 18.1. The topological polar surface area (TPSA) is 524 Å². The standard InChI is InChI=1S/C78H94N18O14/c1-3-4-23-58(71(104)96-65(40-67(99)100)77(110)92-60(68(80)101)35-46-16-7-5-8-17-46)90-75(108)63(38-52-41-85-57-24-14-13-22-55(52)57)94-72(105)59(25-15-32-84-78(81)82)91-74(107)62(37-49-26-29-50-20-11-12-21-51(50)33-49)93-76(109)64(39-53-42-83-44-87-53)95-73(106)61(36-47-18-9-6-10-19-47)89-66(98)43-86-69(102)45(2)88-70(103)56(79)34-48-27-30-54(97)31-28-48/h5-14,16-22,24,26-31,33,41-42,44-45,56,58-65,85,97H,3-4,15,23,25,32,34-40,43,79H2,1-2H3,(H2,80,101)(H,83,87)(H,86,102)(H,88,103)(H,89,98)(H,90,108)(H,91,107)(H,92,110)(H,93,109)(H,94,105)(H,95,106)(H,96,104)(H,99,100)(H4,81,82,84)/t45-,56+,58+,59+,60+,61+,62-,63+,64+,65+/m1/s1. The fourth-order valence-electron chi connectivity index (χ4n) is 12.2. The minimum Gasteiger partial charge on any atom is -0.508 e. The maximum Gasteiger partial charge on any atom is 0.305 e. The molecule has 2 heterocycles. The molecule has 0 aliphatic carbocycles. The van der Waals surface area contributed by atoms with Gasteiger partial charge in [-0.05, 0) is 89.4 Å². The number of nitrogens with one attached hydrogen (secondary N) is 14. The molecule has 0 spiro atoms. The molecule has 110 heavy (non-hydrogen) atoms. The lowest BCUT2D eigenvalue weighted by Gasteiger charge is -2.28. The molecule has 0 unspecified atom stereocenters. The molecule has 0 saturated carbocycles. The fraction of sp³-hybridized carbons (Fsp3) is 0.333. The van der Waals surface area contributed by atoms with E-state index in [9.17, 15) is 48.6 Å². The Balaban J connectivity index is 1.05. The summed E-state index contributed by atoms with van der Waals surface area (Å²) in [5, 5.41) is 58.9. The second-order valence-corrected chi connectivity index (χ2v) is 26.7. The number of carbonyl (C=O) groups excluding carboxylic acids is 11. The highest BCUT2D eigenvalue weighted by atomic mass is 16.4. The summed E-state index contributed by atoms with van der Waals surface area (Å²) < 4.78 is 0. The number of para-hydroxylation sites is 1. The quantitative estimate of drug-likeness (QED) is 0.0143. The number of primary amides is 1. The summed E-state index contributed by atoms with van der Waals surface area (Å²) in [6.45, 7) is 2.56. The summed E-state index contributed by atoms with van der Waals surface area (Å²) in [7, 11) is 0. The zero-order valence-corrected chi connectivity index (χ0v) is 60.8. The Hall–Kier alpha value is -13.0. The number of rotatable bonds is 42. The number of nitrogens with zero attached hydrogens (tertiary/aromatic N) is 1. The maximum absolute atomic E-state index is 15.4. The number of unbranched alkanes of at least 4 members (excludes halogenated alkanes) is 1. The van der Waals surface area contributed by atoms with Crippen molar-refractivity contribution in [3.63, 3.8) is 0 Å². The average molecular weight is 1510 g/mol. The number of imidazole rings is 1. The van der Waals surface area contributed by atoms with Gasteiger partial charge in [0.2, 0.25) is 65.0 Å². The lowest BCUT2D eigenvalue weighted by molar-refractivity contribution is -0.141. The van der Waals surface area contributed by atoms with Crippen molar-refractivity contribution in [2.24, 2.45) is 17.2 Å². The van der Waals surface area contributed by atoms with E-state index in [1.54, 1.807) is 109 Å². The van der Waals surface area contributed by atoms with E-state index < -0.39 is 150 Å². The molecule has 22 N–H and O–H groups in total. The third kappa shape index (κ3) is 25.9. The Labute approximate surface area is 633 Å². The van der Waals surface area contributed by atoms with E-state index in [1.165, 1.54) is 31.6 Å². The van der Waals surface area contributed by atoms with Crippen LogP contribution in [0.2, 0.25) is 0 Å². The number of carboxylic acids is 1. The lowest BCUT2D eigenvalue weighted by Crippen LogP contribution is -2.61. The highest BCUT2D eigenvalue weighted by Gasteiger charge is 2.37. The summed E-state index contributed by atoms with van der Waals surface area (Å²) in [6.07, 6.45) is 3.33. The van der Waals surface area contributed by atoms with Crippen molar-refractivity contribution in [3.05, 3.63) is 204 Å². The predicted octanol–water partition coefficient (Wildman–Crippen LogP) is 0.746. The zero-order chi connectivity index (χ0) is 79.2. The van der Waals surface area contributed by atoms with Gasteiger partial charge in [-0.3, -0.25) is 62.9 Å². The van der Waals surface area contributed by atoms with Crippen molar-refractivity contribution < 1.29 is 67.7 Å². The number of guanidine groups is 1. The van der Waals surface area contributed by atoms with E-state index in [4.69, 9.17) is 22.6 Å². The van der Waals surface area contributed by atoms with Crippen LogP contribution in [-0.2, 0) is 96.1 Å². The van der Waals surface area contributed by atoms with Crippen LogP contribution >= 0.6 is 0 Å². The number of aromatic amines is 2. The van der Waals surface area contributed by atoms with Crippen molar-refractivity contribution in [3.8, 4) is 5.75 Å². The van der Waals surface area contributed by atoms with Gasteiger partial charge in [-0.15, -0.1) is 0 Å². The average Bonchev–Trinajstić information content (AvgIpc) is 1.61. The summed E-state index contributed by atoms with van der Waals surface area (Å²) in [5.41, 5.74) is 21.4. The second kappa shape index (κ2) is 41.2. The number of hydrogen-bond donors (Lipinski definition) is 19. The van der Waals surface area contributed by atoms with Crippen LogP contribution in [0.25, 0.3) is 21.7 Å². The van der Waals surface area contributed by atoms with Crippen LogP contribution in [0.5, 0.6) is 5.75 Å². The van der Waals surface area contributed by atoms with Crippen LogP contribution in [0, 0.1) is 5.41 Å². The number of phenols is 1. The summed E-state index contributed by atoms with van der Waals surface area (Å²) in [6, 6.07) is 28.8. The van der Waals surface area contributed by atoms with Crippen LogP contribution in [0.15, 0.2) is 170 Å². The Morgan fingerprint density at radius 2 is 0.973 bits per heavy atom. The first kappa shape index (κ1) is 82.7. The molecule has 10 atom stereocenters. The molecule has 0 bridgehead atoms. The largest absolute Gasteiger partial charge is 0.508 e. The molecule has 11 amide bonds. The van der Waals surface area contributed by atoms with E-state index in [1.807, 2.05) is 43.3 Å². The number of aromatic hydroxyl groups is 1. The smallest absolute Gasteiger partial charge is 0.305 e. The first-order chi connectivity index (χ1) is 52.8. The molecule has 8 rings (SSSR count). The Bertz CT molecular complexity index is 4510. The van der Waals surface area contributed by atoms with Gasteiger partial charge < -0.3 is 95.9 Å². The van der Waals surface area contributed by atoms with E-state index in [-0.39, 0.29) is 70.1 Å². The van der Waals surface area contributed by atoms with E-state index in [0.717, 1.165) is 10.8 Å². The molecule has 0 aliphatic heterocycles. The first-order valence-electron chi connectivity index (χ1n) is 36.0. The molecule has 0 aliphatic rings. The monoisotopic (exact) mass is 1510 g/mol. The third-order valence-corrected chi connectivity index (χ3v) is 18.1. The van der Waals surface area contributed by atoms with Gasteiger partial charge in [0.25, 0.3) is 0 Å². The van der Waals surface area contributed by atoms with Crippen molar-refractivity contribution in [1.29, 1.82) is 5.41 Å². The van der Waals surface area contributed by atoms with E-state index in [2.05, 4.69) is 73.4 Å². The van der Waals surface area contributed by atoms with E-state index >= 15 is 19.2 Å². The van der Waals surface area contributed by atoms with Crippen molar-refractivity contribution in [1.82, 2.24) is 73.4 Å². The normalized spacial score (nSPS) is 13.8. The number of carboxylic acid groups (broad SMARTS) is 1. The lowest BCUT2D eigenvalue weighted by atomic mass is 9.99. The minimum absolute atomic E-state index is 0.0190. The predicted molar refractivity (Wildman–Crippen MR) is 408 cm³/mol. The van der Waals surface area contributed by atoms with Crippen LogP contribution in [0.1, 0.15) is 85.9 Å². The SMILES string of the molecule is CCCC[C@H](NC(=O)[C@H](Cc1c[nH]c2ccccc12)NC(=O)[C@H](CCCNC(=N)N)NC(=O)[C@@H](Cc1ccc2ccccc2c1)NC(=O)[C@H](Cc1cnc[nH]1)NC(=O)[C@H](Cc1ccccc1)NC(=O)CNC(=O)[C@@H](C)NC(=O)[C@@H](N)Cc1ccc(O)cc1)C(=O)N[C@@H](CC(=O)O)C(=O)N[C@@H](Cc1ccccc1)C(N)=O. The minimum atomic E-state index is -1.78. The van der Waals surface area contributed by atoms with E-state index in [0.29, 0.717) is 57.3 Å². The van der Waals surface area contributed by atoms with Crippen LogP contribution in [-0.4, -0.2) is 176 Å². The number of nitrogens with two attached hydrogens (primary N) is 3. The molecule has 580 valence electrons. The maximum atomic E-state index is 15.4. The van der Waals surface area contributed by atoms with Crippen molar-refractivity contribution >= 4 is 98.6 Å². The Kier molecular flexibility index (Phi) is 31.0. The van der Waals surface area contributed by atoms with Crippen LogP contribution < -0.4 is 75.7 Å². The van der Waals surface area contributed by atoms with Gasteiger partial charge in [-0.25, -0.2) is 4.98 Å². The highest BCUT2D eigenvalue weighted by Crippen LogP contribution is 2.22. The number of hydrogen-bond acceptors (Lipinski definition) is 16.